The molecule has 1 fully saturated rings. The van der Waals surface area contributed by atoms with Crippen LogP contribution in [-0.2, 0) is 11.3 Å². The largest absolute Gasteiger partial charge is 0.338 e. The molecule has 1 saturated carbocycles. The average Bonchev–Trinajstić information content (AvgIpc) is 2.43. The zero-order valence-electron chi connectivity index (χ0n) is 12.9. The fourth-order valence-corrected chi connectivity index (χ4v) is 3.40. The molecule has 1 amide bonds. The van der Waals surface area contributed by atoms with Gasteiger partial charge in [0.2, 0.25) is 5.91 Å². The number of hydrogen-bond acceptors (Lipinski definition) is 2. The van der Waals surface area contributed by atoms with Crippen molar-refractivity contribution < 1.29 is 4.79 Å². The first-order valence-corrected chi connectivity index (χ1v) is 8.14. The van der Waals surface area contributed by atoms with Gasteiger partial charge in [-0.25, -0.2) is 0 Å². The molecule has 0 aliphatic heterocycles. The number of benzene rings is 1. The third-order valence-electron chi connectivity index (χ3n) is 4.51. The van der Waals surface area contributed by atoms with Crippen LogP contribution in [0.3, 0.4) is 0 Å². The Morgan fingerprint density at radius 1 is 1.48 bits per heavy atom. The van der Waals surface area contributed by atoms with Crippen LogP contribution in [0.25, 0.3) is 0 Å². The summed E-state index contributed by atoms with van der Waals surface area (Å²) >= 11 is 6.02. The molecule has 21 heavy (non-hydrogen) atoms. The minimum Gasteiger partial charge on any atom is -0.338 e. The van der Waals surface area contributed by atoms with Gasteiger partial charge in [0.25, 0.3) is 0 Å². The predicted molar refractivity (Wildman–Crippen MR) is 87.1 cm³/mol. The third kappa shape index (κ3) is 3.98. The van der Waals surface area contributed by atoms with Crippen LogP contribution in [0, 0.1) is 5.92 Å². The van der Waals surface area contributed by atoms with E-state index in [4.69, 9.17) is 17.3 Å². The van der Waals surface area contributed by atoms with Crippen molar-refractivity contribution in [1.29, 1.82) is 0 Å². The van der Waals surface area contributed by atoms with Gasteiger partial charge in [0.1, 0.15) is 0 Å². The second kappa shape index (κ2) is 6.80. The van der Waals surface area contributed by atoms with Crippen molar-refractivity contribution >= 4 is 17.5 Å². The molecule has 3 nitrogen and oxygen atoms in total. The Morgan fingerprint density at radius 2 is 2.24 bits per heavy atom. The Hall–Kier alpha value is -1.06. The number of amides is 1. The number of nitrogens with zero attached hydrogens (tertiary/aromatic N) is 1. The standard InChI is InChI=1S/C17H25ClN2O/c1-3-20(12-13-7-6-8-14(18)11-13)16(21)15-9-4-5-10-17(15,2)19/h6-8,11,15H,3-5,9-10,12,19H2,1-2H3. The van der Waals surface area contributed by atoms with Crippen molar-refractivity contribution in [1.82, 2.24) is 4.90 Å². The summed E-state index contributed by atoms with van der Waals surface area (Å²) in [5, 5.41) is 0.706. The zero-order valence-corrected chi connectivity index (χ0v) is 13.7. The van der Waals surface area contributed by atoms with E-state index in [1.54, 1.807) is 0 Å². The molecule has 1 aromatic rings. The van der Waals surface area contributed by atoms with Gasteiger partial charge in [-0.05, 0) is 44.4 Å². The van der Waals surface area contributed by atoms with E-state index >= 15 is 0 Å². The Labute approximate surface area is 132 Å². The van der Waals surface area contributed by atoms with Gasteiger partial charge < -0.3 is 10.6 Å². The molecule has 1 aliphatic rings. The highest BCUT2D eigenvalue weighted by atomic mass is 35.5. The lowest BCUT2D eigenvalue weighted by Crippen LogP contribution is -2.53. The van der Waals surface area contributed by atoms with Gasteiger partial charge in [0.05, 0.1) is 5.92 Å². The maximum atomic E-state index is 12.8. The summed E-state index contributed by atoms with van der Waals surface area (Å²) < 4.78 is 0. The molecule has 1 aromatic carbocycles. The minimum absolute atomic E-state index is 0.0645. The summed E-state index contributed by atoms with van der Waals surface area (Å²) in [4.78, 5) is 14.7. The first kappa shape index (κ1) is 16.3. The smallest absolute Gasteiger partial charge is 0.227 e. The molecule has 0 bridgehead atoms. The van der Waals surface area contributed by atoms with E-state index in [9.17, 15) is 4.79 Å². The molecule has 2 unspecified atom stereocenters. The quantitative estimate of drug-likeness (QED) is 0.924. The van der Waals surface area contributed by atoms with Crippen molar-refractivity contribution in [3.05, 3.63) is 34.9 Å². The van der Waals surface area contributed by atoms with Crippen molar-refractivity contribution in [3.63, 3.8) is 0 Å². The molecule has 0 aromatic heterocycles. The molecule has 2 atom stereocenters. The van der Waals surface area contributed by atoms with Crippen LogP contribution in [0.2, 0.25) is 5.02 Å². The van der Waals surface area contributed by atoms with Crippen LogP contribution in [0.15, 0.2) is 24.3 Å². The highest BCUT2D eigenvalue weighted by molar-refractivity contribution is 6.30. The fraction of sp³-hybridized carbons (Fsp3) is 0.588. The van der Waals surface area contributed by atoms with Gasteiger partial charge in [-0.1, -0.05) is 36.6 Å². The van der Waals surface area contributed by atoms with E-state index in [2.05, 4.69) is 0 Å². The van der Waals surface area contributed by atoms with Crippen molar-refractivity contribution in [2.24, 2.45) is 11.7 Å². The number of rotatable bonds is 4. The fourth-order valence-electron chi connectivity index (χ4n) is 3.19. The van der Waals surface area contributed by atoms with Crippen LogP contribution in [-0.4, -0.2) is 22.9 Å². The molecule has 0 heterocycles. The first-order chi connectivity index (χ1) is 9.94. The highest BCUT2D eigenvalue weighted by Gasteiger charge is 2.39. The van der Waals surface area contributed by atoms with E-state index in [1.165, 1.54) is 0 Å². The van der Waals surface area contributed by atoms with Gasteiger partial charge in [-0.2, -0.15) is 0 Å². The lowest BCUT2D eigenvalue weighted by atomic mass is 9.74. The van der Waals surface area contributed by atoms with E-state index in [0.717, 1.165) is 31.2 Å². The monoisotopic (exact) mass is 308 g/mol. The van der Waals surface area contributed by atoms with E-state index in [0.29, 0.717) is 18.1 Å². The normalized spacial score (nSPS) is 25.6. The molecule has 0 saturated heterocycles. The van der Waals surface area contributed by atoms with Crippen LogP contribution in [0.4, 0.5) is 0 Å². The molecule has 0 spiro atoms. The van der Waals surface area contributed by atoms with Gasteiger partial charge >= 0.3 is 0 Å². The maximum Gasteiger partial charge on any atom is 0.227 e. The third-order valence-corrected chi connectivity index (χ3v) is 4.74. The van der Waals surface area contributed by atoms with Gasteiger partial charge in [-0.3, -0.25) is 4.79 Å². The Morgan fingerprint density at radius 3 is 2.86 bits per heavy atom. The van der Waals surface area contributed by atoms with E-state index in [-0.39, 0.29) is 17.4 Å². The average molecular weight is 309 g/mol. The number of halogens is 1. The van der Waals surface area contributed by atoms with E-state index < -0.39 is 0 Å². The SMILES string of the molecule is CCN(Cc1cccc(Cl)c1)C(=O)C1CCCCC1(C)N. The molecule has 116 valence electrons. The second-order valence-corrected chi connectivity index (χ2v) is 6.72. The molecule has 2 N–H and O–H groups in total. The number of carbonyl (C=O) groups excluding carboxylic acids is 1. The highest BCUT2D eigenvalue weighted by Crippen LogP contribution is 2.33. The predicted octanol–water partition coefficient (Wildman–Crippen LogP) is 3.60. The number of hydrogen-bond donors (Lipinski definition) is 1. The molecule has 1 aliphatic carbocycles. The molecular weight excluding hydrogens is 284 g/mol. The molecule has 4 heteroatoms. The summed E-state index contributed by atoms with van der Waals surface area (Å²) in [7, 11) is 0. The Balaban J connectivity index is 2.11. The van der Waals surface area contributed by atoms with Crippen LogP contribution < -0.4 is 5.73 Å². The summed E-state index contributed by atoms with van der Waals surface area (Å²) in [5.74, 6) is 0.118. The number of carbonyl (C=O) groups is 1. The Kier molecular flexibility index (Phi) is 5.28. The summed E-state index contributed by atoms with van der Waals surface area (Å²) in [6.45, 7) is 5.32. The minimum atomic E-state index is -0.378. The van der Waals surface area contributed by atoms with Crippen molar-refractivity contribution in [3.8, 4) is 0 Å². The molecule has 2 rings (SSSR count). The maximum absolute atomic E-state index is 12.8. The van der Waals surface area contributed by atoms with Crippen LogP contribution in [0.5, 0.6) is 0 Å². The summed E-state index contributed by atoms with van der Waals surface area (Å²) in [6.07, 6.45) is 4.05. The molecule has 0 radical (unpaired) electrons. The lowest BCUT2D eigenvalue weighted by Gasteiger charge is -2.39. The van der Waals surface area contributed by atoms with Gasteiger partial charge in [0.15, 0.2) is 0 Å². The second-order valence-electron chi connectivity index (χ2n) is 6.29. The van der Waals surface area contributed by atoms with Crippen LogP contribution >= 0.6 is 11.6 Å². The van der Waals surface area contributed by atoms with Gasteiger partial charge in [-0.15, -0.1) is 0 Å². The Bertz CT molecular complexity index is 501. The van der Waals surface area contributed by atoms with Crippen molar-refractivity contribution in [2.75, 3.05) is 6.54 Å². The lowest BCUT2D eigenvalue weighted by molar-refractivity contribution is -0.139. The first-order valence-electron chi connectivity index (χ1n) is 7.76. The van der Waals surface area contributed by atoms with Crippen molar-refractivity contribution in [2.45, 2.75) is 51.6 Å². The number of nitrogens with two attached hydrogens (primary N) is 1. The zero-order chi connectivity index (χ0) is 15.5. The van der Waals surface area contributed by atoms with Crippen LogP contribution in [0.1, 0.15) is 45.1 Å². The topological polar surface area (TPSA) is 46.3 Å². The van der Waals surface area contributed by atoms with Gasteiger partial charge in [0, 0.05) is 23.7 Å². The van der Waals surface area contributed by atoms with E-state index in [1.807, 2.05) is 43.0 Å². The summed E-state index contributed by atoms with van der Waals surface area (Å²) in [5.41, 5.74) is 7.05. The summed E-state index contributed by atoms with van der Waals surface area (Å²) in [6, 6.07) is 7.69. The molecular formula is C17H25ClN2O.